The van der Waals surface area contributed by atoms with E-state index in [2.05, 4.69) is 4.98 Å². The lowest BCUT2D eigenvalue weighted by molar-refractivity contribution is 0.0734. The van der Waals surface area contributed by atoms with Crippen molar-refractivity contribution in [1.82, 2.24) is 9.88 Å². The normalized spacial score (nSPS) is 15.1. The highest BCUT2D eigenvalue weighted by molar-refractivity contribution is 6.33. The molecule has 0 fully saturated rings. The molecule has 3 heterocycles. The number of fused-ring (bicyclic) bond motifs is 3. The molecule has 27 heavy (non-hydrogen) atoms. The third kappa shape index (κ3) is 2.77. The Morgan fingerprint density at radius 1 is 1.11 bits per heavy atom. The zero-order valence-corrected chi connectivity index (χ0v) is 14.9. The van der Waals surface area contributed by atoms with Crippen LogP contribution in [0.4, 0.5) is 4.39 Å². The number of hydrogen-bond donors (Lipinski definition) is 0. The minimum absolute atomic E-state index is 0.0783. The zero-order valence-electron chi connectivity index (χ0n) is 14.2. The van der Waals surface area contributed by atoms with E-state index in [4.69, 9.17) is 21.1 Å². The molecule has 7 heteroatoms. The monoisotopic (exact) mass is 384 g/mol. The fraction of sp³-hybridized carbons (Fsp3) is 0.200. The van der Waals surface area contributed by atoms with Crippen molar-refractivity contribution in [3.63, 3.8) is 0 Å². The van der Waals surface area contributed by atoms with Gasteiger partial charge in [-0.05, 0) is 47.9 Å². The summed E-state index contributed by atoms with van der Waals surface area (Å²) in [7, 11) is 0. The van der Waals surface area contributed by atoms with Gasteiger partial charge in [-0.2, -0.15) is 0 Å². The van der Waals surface area contributed by atoms with Gasteiger partial charge in [0, 0.05) is 24.5 Å². The minimum atomic E-state index is -0.392. The molecule has 2 aliphatic heterocycles. The Labute approximate surface area is 159 Å². The molecule has 0 atom stereocenters. The highest BCUT2D eigenvalue weighted by Crippen LogP contribution is 2.37. The second-order valence-electron chi connectivity index (χ2n) is 6.61. The van der Waals surface area contributed by atoms with E-state index in [1.165, 1.54) is 12.1 Å². The van der Waals surface area contributed by atoms with E-state index < -0.39 is 5.82 Å². The first-order chi connectivity index (χ1) is 13.1. The van der Waals surface area contributed by atoms with Gasteiger partial charge >= 0.3 is 0 Å². The van der Waals surface area contributed by atoms with Gasteiger partial charge in [-0.15, -0.1) is 0 Å². The summed E-state index contributed by atoms with van der Waals surface area (Å²) in [5.41, 5.74) is 2.93. The van der Waals surface area contributed by atoms with E-state index in [0.29, 0.717) is 35.3 Å². The maximum Gasteiger partial charge on any atom is 0.257 e. The molecule has 136 valence electrons. The SMILES string of the molecule is O=C(c1cc2ccc(F)cc2nc1Cl)N1CCc2cc3c(cc2C1)OCO3. The van der Waals surface area contributed by atoms with Crippen molar-refractivity contribution in [2.24, 2.45) is 0 Å². The Balaban J connectivity index is 1.47. The molecule has 3 aromatic rings. The van der Waals surface area contributed by atoms with E-state index in [1.54, 1.807) is 17.0 Å². The van der Waals surface area contributed by atoms with Gasteiger partial charge in [0.25, 0.3) is 5.91 Å². The second-order valence-corrected chi connectivity index (χ2v) is 6.97. The predicted molar refractivity (Wildman–Crippen MR) is 97.7 cm³/mol. The van der Waals surface area contributed by atoms with Crippen LogP contribution in [-0.2, 0) is 13.0 Å². The Morgan fingerprint density at radius 2 is 1.89 bits per heavy atom. The number of pyridine rings is 1. The quantitative estimate of drug-likeness (QED) is 0.596. The van der Waals surface area contributed by atoms with Gasteiger partial charge < -0.3 is 14.4 Å². The summed E-state index contributed by atoms with van der Waals surface area (Å²) < 4.78 is 24.2. The number of carbonyl (C=O) groups excluding carboxylic acids is 1. The summed E-state index contributed by atoms with van der Waals surface area (Å²) in [4.78, 5) is 19.0. The van der Waals surface area contributed by atoms with Crippen LogP contribution >= 0.6 is 11.6 Å². The summed E-state index contributed by atoms with van der Waals surface area (Å²) in [6.45, 7) is 1.26. The zero-order chi connectivity index (χ0) is 18.5. The van der Waals surface area contributed by atoms with Crippen LogP contribution in [0.15, 0.2) is 36.4 Å². The lowest BCUT2D eigenvalue weighted by Gasteiger charge is -2.29. The van der Waals surface area contributed by atoms with Crippen molar-refractivity contribution in [2.45, 2.75) is 13.0 Å². The molecule has 0 radical (unpaired) electrons. The summed E-state index contributed by atoms with van der Waals surface area (Å²) in [5.74, 6) is 0.872. The van der Waals surface area contributed by atoms with Crippen LogP contribution in [0.2, 0.25) is 5.15 Å². The topological polar surface area (TPSA) is 51.7 Å². The molecular formula is C20H14ClFN2O3. The van der Waals surface area contributed by atoms with Gasteiger partial charge in [-0.25, -0.2) is 9.37 Å². The van der Waals surface area contributed by atoms with E-state index >= 15 is 0 Å². The van der Waals surface area contributed by atoms with Crippen LogP contribution in [0.25, 0.3) is 10.9 Å². The van der Waals surface area contributed by atoms with Crippen LogP contribution in [0.3, 0.4) is 0 Å². The van der Waals surface area contributed by atoms with Gasteiger partial charge in [-0.1, -0.05) is 11.6 Å². The number of aromatic nitrogens is 1. The van der Waals surface area contributed by atoms with Crippen LogP contribution in [0, 0.1) is 5.82 Å². The molecule has 5 nitrogen and oxygen atoms in total. The smallest absolute Gasteiger partial charge is 0.257 e. The largest absolute Gasteiger partial charge is 0.454 e. The van der Waals surface area contributed by atoms with Gasteiger partial charge in [0.15, 0.2) is 11.5 Å². The molecule has 0 saturated carbocycles. The van der Waals surface area contributed by atoms with Gasteiger partial charge in [0.2, 0.25) is 6.79 Å². The number of nitrogens with zero attached hydrogens (tertiary/aromatic N) is 2. The summed E-state index contributed by atoms with van der Waals surface area (Å²) in [5, 5.41) is 0.750. The molecule has 0 aliphatic carbocycles. The first-order valence-corrected chi connectivity index (χ1v) is 8.93. The molecule has 0 unspecified atom stereocenters. The molecule has 0 bridgehead atoms. The predicted octanol–water partition coefficient (Wildman–Crippen LogP) is 3.95. The Hall–Kier alpha value is -2.86. The fourth-order valence-electron chi connectivity index (χ4n) is 3.56. The van der Waals surface area contributed by atoms with Crippen LogP contribution in [-0.4, -0.2) is 29.1 Å². The molecule has 0 N–H and O–H groups in total. The highest BCUT2D eigenvalue weighted by atomic mass is 35.5. The Bertz CT molecular complexity index is 1100. The molecule has 0 saturated heterocycles. The number of amides is 1. The Kier molecular flexibility index (Phi) is 3.68. The number of benzene rings is 2. The third-order valence-electron chi connectivity index (χ3n) is 4.96. The second kappa shape index (κ2) is 6.09. The average Bonchev–Trinajstić information content (AvgIpc) is 3.11. The van der Waals surface area contributed by atoms with Crippen LogP contribution < -0.4 is 9.47 Å². The number of ether oxygens (including phenoxy) is 2. The molecule has 2 aliphatic rings. The molecular weight excluding hydrogens is 371 g/mol. The van der Waals surface area contributed by atoms with E-state index in [1.807, 2.05) is 12.1 Å². The number of carbonyl (C=O) groups is 1. The third-order valence-corrected chi connectivity index (χ3v) is 5.25. The summed E-state index contributed by atoms with van der Waals surface area (Å²) >= 11 is 6.23. The van der Waals surface area contributed by atoms with Crippen molar-refractivity contribution in [3.8, 4) is 11.5 Å². The lowest BCUT2D eigenvalue weighted by atomic mass is 9.98. The molecule has 1 amide bonds. The molecule has 1 aromatic heterocycles. The molecule has 2 aromatic carbocycles. The number of rotatable bonds is 1. The van der Waals surface area contributed by atoms with Gasteiger partial charge in [-0.3, -0.25) is 4.79 Å². The maximum atomic E-state index is 13.4. The Morgan fingerprint density at radius 3 is 2.70 bits per heavy atom. The van der Waals surface area contributed by atoms with Crippen molar-refractivity contribution in [1.29, 1.82) is 0 Å². The van der Waals surface area contributed by atoms with E-state index in [9.17, 15) is 9.18 Å². The fourth-order valence-corrected chi connectivity index (χ4v) is 3.78. The average molecular weight is 385 g/mol. The standard InChI is InChI=1S/C20H14ClFN2O3/c21-19-15(5-12-1-2-14(22)8-16(12)23-19)20(25)24-4-3-11-6-17-18(27-10-26-17)7-13(11)9-24/h1-2,5-8H,3-4,9-10H2. The van der Waals surface area contributed by atoms with Crippen molar-refractivity contribution < 1.29 is 18.7 Å². The van der Waals surface area contributed by atoms with Gasteiger partial charge in [0.05, 0.1) is 11.1 Å². The lowest BCUT2D eigenvalue weighted by Crippen LogP contribution is -2.36. The van der Waals surface area contributed by atoms with Crippen molar-refractivity contribution in [3.05, 3.63) is 64.1 Å². The summed E-state index contributed by atoms with van der Waals surface area (Å²) in [6, 6.07) is 9.82. The van der Waals surface area contributed by atoms with Crippen molar-refractivity contribution in [2.75, 3.05) is 13.3 Å². The number of halogens is 2. The highest BCUT2D eigenvalue weighted by Gasteiger charge is 2.27. The van der Waals surface area contributed by atoms with Gasteiger partial charge in [0.1, 0.15) is 11.0 Å². The first kappa shape index (κ1) is 16.3. The van der Waals surface area contributed by atoms with E-state index in [0.717, 1.165) is 23.3 Å². The number of hydrogen-bond acceptors (Lipinski definition) is 4. The van der Waals surface area contributed by atoms with Crippen LogP contribution in [0.5, 0.6) is 11.5 Å². The van der Waals surface area contributed by atoms with E-state index in [-0.39, 0.29) is 17.9 Å². The summed E-state index contributed by atoms with van der Waals surface area (Å²) in [6.07, 6.45) is 0.724. The maximum absolute atomic E-state index is 13.4. The molecule has 0 spiro atoms. The minimum Gasteiger partial charge on any atom is -0.454 e. The molecule has 5 rings (SSSR count). The van der Waals surface area contributed by atoms with Crippen molar-refractivity contribution >= 4 is 28.4 Å². The first-order valence-electron chi connectivity index (χ1n) is 8.55. The van der Waals surface area contributed by atoms with Crippen LogP contribution in [0.1, 0.15) is 21.5 Å².